The first-order chi connectivity index (χ1) is 13.0. The number of aryl methyl sites for hydroxylation is 1. The molecule has 0 aliphatic carbocycles. The SMILES string of the molecule is COc1ccc(NC(=O)N2CCN(c3cc(N(C)C)nc(C)n3)CC2)cc1. The van der Waals surface area contributed by atoms with Crippen molar-refractivity contribution >= 4 is 23.4 Å². The van der Waals surface area contributed by atoms with Gasteiger partial charge in [0.15, 0.2) is 0 Å². The summed E-state index contributed by atoms with van der Waals surface area (Å²) in [5, 5.41) is 2.93. The number of urea groups is 1. The van der Waals surface area contributed by atoms with Crippen LogP contribution in [-0.2, 0) is 0 Å². The van der Waals surface area contributed by atoms with Crippen molar-refractivity contribution < 1.29 is 9.53 Å². The van der Waals surface area contributed by atoms with Crippen molar-refractivity contribution in [2.24, 2.45) is 0 Å². The van der Waals surface area contributed by atoms with Gasteiger partial charge in [-0.1, -0.05) is 0 Å². The number of hydrogen-bond donors (Lipinski definition) is 1. The Labute approximate surface area is 159 Å². The van der Waals surface area contributed by atoms with Crippen molar-refractivity contribution in [2.45, 2.75) is 6.92 Å². The van der Waals surface area contributed by atoms with Crippen molar-refractivity contribution in [2.75, 3.05) is 62.5 Å². The van der Waals surface area contributed by atoms with Gasteiger partial charge in [-0.15, -0.1) is 0 Å². The van der Waals surface area contributed by atoms with Gasteiger partial charge < -0.3 is 24.8 Å². The minimum Gasteiger partial charge on any atom is -0.497 e. The van der Waals surface area contributed by atoms with Crippen LogP contribution >= 0.6 is 0 Å². The highest BCUT2D eigenvalue weighted by molar-refractivity contribution is 5.89. The van der Waals surface area contributed by atoms with Crippen molar-refractivity contribution in [3.63, 3.8) is 0 Å². The normalized spacial score (nSPS) is 14.1. The highest BCUT2D eigenvalue weighted by Gasteiger charge is 2.22. The smallest absolute Gasteiger partial charge is 0.321 e. The summed E-state index contributed by atoms with van der Waals surface area (Å²) in [7, 11) is 5.55. The molecule has 2 heterocycles. The van der Waals surface area contributed by atoms with Gasteiger partial charge in [-0.25, -0.2) is 14.8 Å². The van der Waals surface area contributed by atoms with Crippen LogP contribution in [0.2, 0.25) is 0 Å². The summed E-state index contributed by atoms with van der Waals surface area (Å²) in [5.74, 6) is 3.30. The Morgan fingerprint density at radius 2 is 1.78 bits per heavy atom. The van der Waals surface area contributed by atoms with Gasteiger partial charge in [0.2, 0.25) is 0 Å². The van der Waals surface area contributed by atoms with E-state index in [1.54, 1.807) is 7.11 Å². The minimum absolute atomic E-state index is 0.0901. The molecule has 1 aliphatic heterocycles. The number of piperazine rings is 1. The molecule has 1 aromatic carbocycles. The minimum atomic E-state index is -0.0901. The zero-order chi connectivity index (χ0) is 19.4. The van der Waals surface area contributed by atoms with E-state index in [1.165, 1.54) is 0 Å². The second-order valence-electron chi connectivity index (χ2n) is 6.66. The lowest BCUT2D eigenvalue weighted by molar-refractivity contribution is 0.208. The third-order valence-corrected chi connectivity index (χ3v) is 4.50. The summed E-state index contributed by atoms with van der Waals surface area (Å²) in [4.78, 5) is 27.5. The van der Waals surface area contributed by atoms with Crippen LogP contribution in [0, 0.1) is 6.92 Å². The van der Waals surface area contributed by atoms with E-state index in [1.807, 2.05) is 61.2 Å². The van der Waals surface area contributed by atoms with Gasteiger partial charge in [0.1, 0.15) is 23.2 Å². The molecular weight excluding hydrogens is 344 g/mol. The summed E-state index contributed by atoms with van der Waals surface area (Å²) in [5.41, 5.74) is 0.755. The fraction of sp³-hybridized carbons (Fsp3) is 0.421. The Hall–Kier alpha value is -3.03. The lowest BCUT2D eigenvalue weighted by atomic mass is 10.3. The summed E-state index contributed by atoms with van der Waals surface area (Å²) < 4.78 is 5.13. The van der Waals surface area contributed by atoms with E-state index < -0.39 is 0 Å². The van der Waals surface area contributed by atoms with Gasteiger partial charge in [-0.3, -0.25) is 0 Å². The number of carbonyl (C=O) groups excluding carboxylic acids is 1. The Morgan fingerprint density at radius 3 is 2.37 bits per heavy atom. The summed E-state index contributed by atoms with van der Waals surface area (Å²) in [6.45, 7) is 4.65. The number of rotatable bonds is 4. The molecule has 0 bridgehead atoms. The molecule has 2 aromatic rings. The van der Waals surface area contributed by atoms with Gasteiger partial charge in [-0.05, 0) is 31.2 Å². The van der Waals surface area contributed by atoms with Crippen LogP contribution in [0.15, 0.2) is 30.3 Å². The maximum absolute atomic E-state index is 12.5. The first kappa shape index (κ1) is 18.8. The van der Waals surface area contributed by atoms with Crippen molar-refractivity contribution in [3.8, 4) is 5.75 Å². The highest BCUT2D eigenvalue weighted by Crippen LogP contribution is 2.20. The predicted octanol–water partition coefficient (Wildman–Crippen LogP) is 2.21. The Morgan fingerprint density at radius 1 is 1.11 bits per heavy atom. The molecule has 1 aromatic heterocycles. The lowest BCUT2D eigenvalue weighted by Crippen LogP contribution is -2.50. The van der Waals surface area contributed by atoms with E-state index in [2.05, 4.69) is 20.2 Å². The molecule has 0 saturated carbocycles. The summed E-state index contributed by atoms with van der Waals surface area (Å²) >= 11 is 0. The van der Waals surface area contributed by atoms with Gasteiger partial charge in [0.05, 0.1) is 7.11 Å². The topological polar surface area (TPSA) is 73.8 Å². The standard InChI is InChI=1S/C19H26N6O2/c1-14-20-17(23(2)3)13-18(21-14)24-9-11-25(12-10-24)19(26)22-15-5-7-16(27-4)8-6-15/h5-8,13H,9-12H2,1-4H3,(H,22,26). The third-order valence-electron chi connectivity index (χ3n) is 4.50. The van der Waals surface area contributed by atoms with Crippen molar-refractivity contribution in [1.29, 1.82) is 0 Å². The number of benzene rings is 1. The van der Waals surface area contributed by atoms with Crippen LogP contribution in [0.3, 0.4) is 0 Å². The molecule has 0 radical (unpaired) electrons. The molecule has 1 saturated heterocycles. The molecule has 0 unspecified atom stereocenters. The quantitative estimate of drug-likeness (QED) is 0.890. The number of nitrogens with zero attached hydrogens (tertiary/aromatic N) is 5. The summed E-state index contributed by atoms with van der Waals surface area (Å²) in [6, 6.07) is 9.22. The third kappa shape index (κ3) is 4.58. The predicted molar refractivity (Wildman–Crippen MR) is 107 cm³/mol. The molecule has 1 N–H and O–H groups in total. The first-order valence-electron chi connectivity index (χ1n) is 8.94. The highest BCUT2D eigenvalue weighted by atomic mass is 16.5. The maximum atomic E-state index is 12.5. The number of aromatic nitrogens is 2. The van der Waals surface area contributed by atoms with Crippen LogP contribution in [0.1, 0.15) is 5.82 Å². The Balaban J connectivity index is 1.59. The van der Waals surface area contributed by atoms with E-state index in [4.69, 9.17) is 4.74 Å². The molecule has 3 rings (SSSR count). The molecule has 8 nitrogen and oxygen atoms in total. The van der Waals surface area contributed by atoms with Gasteiger partial charge >= 0.3 is 6.03 Å². The molecule has 1 aliphatic rings. The molecular formula is C19H26N6O2. The number of anilines is 3. The average Bonchev–Trinajstić information content (AvgIpc) is 2.68. The molecule has 0 spiro atoms. The monoisotopic (exact) mass is 370 g/mol. The fourth-order valence-corrected chi connectivity index (χ4v) is 2.94. The zero-order valence-corrected chi connectivity index (χ0v) is 16.3. The van der Waals surface area contributed by atoms with E-state index in [0.29, 0.717) is 13.1 Å². The summed E-state index contributed by atoms with van der Waals surface area (Å²) in [6.07, 6.45) is 0. The number of methoxy groups -OCH3 is 1. The molecule has 0 atom stereocenters. The van der Waals surface area contributed by atoms with Crippen LogP contribution in [0.25, 0.3) is 0 Å². The van der Waals surface area contributed by atoms with Crippen LogP contribution in [0.5, 0.6) is 5.75 Å². The number of hydrogen-bond acceptors (Lipinski definition) is 6. The van der Waals surface area contributed by atoms with Crippen molar-refractivity contribution in [1.82, 2.24) is 14.9 Å². The fourth-order valence-electron chi connectivity index (χ4n) is 2.94. The van der Waals surface area contributed by atoms with Crippen LogP contribution in [0.4, 0.5) is 22.1 Å². The molecule has 8 heteroatoms. The Kier molecular flexibility index (Phi) is 5.63. The van der Waals surface area contributed by atoms with Gasteiger partial charge in [-0.2, -0.15) is 0 Å². The number of carbonyl (C=O) groups is 1. The van der Waals surface area contributed by atoms with Gasteiger partial charge in [0, 0.05) is 52.0 Å². The largest absolute Gasteiger partial charge is 0.497 e. The van der Waals surface area contributed by atoms with Crippen LogP contribution in [-0.4, -0.2) is 68.3 Å². The van der Waals surface area contributed by atoms with Crippen LogP contribution < -0.4 is 19.9 Å². The number of amides is 2. The van der Waals surface area contributed by atoms with E-state index in [0.717, 1.165) is 42.0 Å². The molecule has 2 amide bonds. The second kappa shape index (κ2) is 8.11. The molecule has 144 valence electrons. The maximum Gasteiger partial charge on any atom is 0.321 e. The van der Waals surface area contributed by atoms with Crippen molar-refractivity contribution in [3.05, 3.63) is 36.2 Å². The number of ether oxygens (including phenoxy) is 1. The first-order valence-corrected chi connectivity index (χ1v) is 8.94. The number of nitrogens with one attached hydrogen (secondary N) is 1. The van der Waals surface area contributed by atoms with E-state index in [-0.39, 0.29) is 6.03 Å². The Bertz CT molecular complexity index is 785. The average molecular weight is 370 g/mol. The van der Waals surface area contributed by atoms with Gasteiger partial charge in [0.25, 0.3) is 0 Å². The second-order valence-corrected chi connectivity index (χ2v) is 6.66. The zero-order valence-electron chi connectivity index (χ0n) is 16.3. The lowest BCUT2D eigenvalue weighted by Gasteiger charge is -2.35. The molecule has 27 heavy (non-hydrogen) atoms. The van der Waals surface area contributed by atoms with E-state index >= 15 is 0 Å². The molecule has 1 fully saturated rings. The van der Waals surface area contributed by atoms with E-state index in [9.17, 15) is 4.79 Å².